The Bertz CT molecular complexity index is 455. The first kappa shape index (κ1) is 17.0. The van der Waals surface area contributed by atoms with Gasteiger partial charge in [0.25, 0.3) is 0 Å². The number of amides is 2. The van der Waals surface area contributed by atoms with E-state index in [9.17, 15) is 9.59 Å². The number of carbonyl (C=O) groups excluding carboxylic acids is 1. The van der Waals surface area contributed by atoms with Crippen LogP contribution in [0, 0.1) is 0 Å². The van der Waals surface area contributed by atoms with Crippen LogP contribution in [0.4, 0.5) is 4.79 Å². The molecule has 21 heavy (non-hydrogen) atoms. The van der Waals surface area contributed by atoms with Crippen molar-refractivity contribution < 1.29 is 19.2 Å². The SMILES string of the molecule is CCC(CC)c1cc(CNC(=O)NCCCC(=O)O)on1. The Hall–Kier alpha value is -2.05. The van der Waals surface area contributed by atoms with E-state index in [0.29, 0.717) is 24.6 Å². The Kier molecular flexibility index (Phi) is 7.28. The third kappa shape index (κ3) is 6.29. The van der Waals surface area contributed by atoms with Gasteiger partial charge in [0, 0.05) is 24.9 Å². The third-order valence-corrected chi connectivity index (χ3v) is 3.26. The molecule has 0 radical (unpaired) electrons. The summed E-state index contributed by atoms with van der Waals surface area (Å²) in [5, 5.41) is 17.7. The molecule has 118 valence electrons. The van der Waals surface area contributed by atoms with Gasteiger partial charge in [0.1, 0.15) is 0 Å². The zero-order valence-electron chi connectivity index (χ0n) is 12.5. The molecule has 1 heterocycles. The monoisotopic (exact) mass is 297 g/mol. The highest BCUT2D eigenvalue weighted by Gasteiger charge is 2.13. The topological polar surface area (TPSA) is 104 Å². The molecule has 7 heteroatoms. The molecular weight excluding hydrogens is 274 g/mol. The highest BCUT2D eigenvalue weighted by atomic mass is 16.5. The van der Waals surface area contributed by atoms with Crippen molar-refractivity contribution in [2.75, 3.05) is 6.54 Å². The molecule has 0 saturated heterocycles. The Morgan fingerprint density at radius 2 is 2.05 bits per heavy atom. The molecule has 3 N–H and O–H groups in total. The lowest BCUT2D eigenvalue weighted by Gasteiger charge is -2.06. The maximum Gasteiger partial charge on any atom is 0.315 e. The second kappa shape index (κ2) is 8.99. The fourth-order valence-corrected chi connectivity index (χ4v) is 1.98. The molecule has 1 rings (SSSR count). The van der Waals surface area contributed by atoms with E-state index in [0.717, 1.165) is 18.5 Å². The van der Waals surface area contributed by atoms with Crippen LogP contribution in [-0.4, -0.2) is 28.8 Å². The molecule has 0 atom stereocenters. The Morgan fingerprint density at radius 1 is 1.33 bits per heavy atom. The van der Waals surface area contributed by atoms with E-state index < -0.39 is 5.97 Å². The number of nitrogens with zero attached hydrogens (tertiary/aromatic N) is 1. The van der Waals surface area contributed by atoms with Gasteiger partial charge in [0.2, 0.25) is 0 Å². The Morgan fingerprint density at radius 3 is 2.67 bits per heavy atom. The minimum Gasteiger partial charge on any atom is -0.481 e. The van der Waals surface area contributed by atoms with Crippen LogP contribution in [0.25, 0.3) is 0 Å². The first-order valence-corrected chi connectivity index (χ1v) is 7.25. The molecule has 0 fully saturated rings. The van der Waals surface area contributed by atoms with Crippen LogP contribution in [0.5, 0.6) is 0 Å². The molecule has 0 bridgehead atoms. The fourth-order valence-electron chi connectivity index (χ4n) is 1.98. The summed E-state index contributed by atoms with van der Waals surface area (Å²) < 4.78 is 5.19. The van der Waals surface area contributed by atoms with E-state index in [-0.39, 0.29) is 19.0 Å². The van der Waals surface area contributed by atoms with Crippen molar-refractivity contribution >= 4 is 12.0 Å². The minimum atomic E-state index is -0.868. The number of carbonyl (C=O) groups is 2. The lowest BCUT2D eigenvalue weighted by atomic mass is 9.99. The second-order valence-corrected chi connectivity index (χ2v) is 4.84. The average Bonchev–Trinajstić information content (AvgIpc) is 2.91. The van der Waals surface area contributed by atoms with E-state index >= 15 is 0 Å². The number of rotatable bonds is 9. The molecule has 0 aliphatic carbocycles. The largest absolute Gasteiger partial charge is 0.481 e. The average molecular weight is 297 g/mol. The first-order valence-electron chi connectivity index (χ1n) is 7.25. The van der Waals surface area contributed by atoms with Crippen LogP contribution in [0.15, 0.2) is 10.6 Å². The smallest absolute Gasteiger partial charge is 0.315 e. The van der Waals surface area contributed by atoms with Gasteiger partial charge in [-0.25, -0.2) is 4.79 Å². The molecule has 0 aliphatic heterocycles. The molecule has 0 spiro atoms. The summed E-state index contributed by atoms with van der Waals surface area (Å²) in [7, 11) is 0. The highest BCUT2D eigenvalue weighted by Crippen LogP contribution is 2.22. The lowest BCUT2D eigenvalue weighted by molar-refractivity contribution is -0.137. The van der Waals surface area contributed by atoms with Gasteiger partial charge in [0.15, 0.2) is 5.76 Å². The summed E-state index contributed by atoms with van der Waals surface area (Å²) >= 11 is 0. The van der Waals surface area contributed by atoms with Crippen LogP contribution in [0.3, 0.4) is 0 Å². The van der Waals surface area contributed by atoms with E-state index in [1.54, 1.807) is 0 Å². The van der Waals surface area contributed by atoms with E-state index in [4.69, 9.17) is 9.63 Å². The lowest BCUT2D eigenvalue weighted by Crippen LogP contribution is -2.35. The van der Waals surface area contributed by atoms with Crippen molar-refractivity contribution in [1.82, 2.24) is 15.8 Å². The number of aliphatic carboxylic acids is 1. The van der Waals surface area contributed by atoms with Gasteiger partial charge >= 0.3 is 12.0 Å². The van der Waals surface area contributed by atoms with E-state index in [1.165, 1.54) is 0 Å². The standard InChI is InChI=1S/C14H23N3O4/c1-3-10(4-2)12-8-11(21-17-12)9-16-14(20)15-7-5-6-13(18)19/h8,10H,3-7,9H2,1-2H3,(H,18,19)(H2,15,16,20). The van der Waals surface area contributed by atoms with Crippen LogP contribution in [0.1, 0.15) is 56.9 Å². The zero-order valence-corrected chi connectivity index (χ0v) is 12.5. The number of carboxylic acid groups (broad SMARTS) is 1. The highest BCUT2D eigenvalue weighted by molar-refractivity contribution is 5.73. The number of hydrogen-bond acceptors (Lipinski definition) is 4. The number of urea groups is 1. The van der Waals surface area contributed by atoms with Crippen molar-refractivity contribution in [3.8, 4) is 0 Å². The maximum absolute atomic E-state index is 11.5. The number of aromatic nitrogens is 1. The van der Waals surface area contributed by atoms with Gasteiger partial charge in [0.05, 0.1) is 12.2 Å². The maximum atomic E-state index is 11.5. The van der Waals surface area contributed by atoms with E-state index in [2.05, 4.69) is 29.6 Å². The zero-order chi connectivity index (χ0) is 15.7. The summed E-state index contributed by atoms with van der Waals surface area (Å²) in [5.74, 6) is 0.123. The summed E-state index contributed by atoms with van der Waals surface area (Å²) in [6.45, 7) is 4.79. The van der Waals surface area contributed by atoms with Gasteiger partial charge in [-0.2, -0.15) is 0 Å². The number of nitrogens with one attached hydrogen (secondary N) is 2. The van der Waals surface area contributed by atoms with Crippen LogP contribution in [-0.2, 0) is 11.3 Å². The minimum absolute atomic E-state index is 0.0428. The van der Waals surface area contributed by atoms with Crippen molar-refractivity contribution in [1.29, 1.82) is 0 Å². The van der Waals surface area contributed by atoms with Crippen LogP contribution >= 0.6 is 0 Å². The first-order chi connectivity index (χ1) is 10.1. The number of hydrogen-bond donors (Lipinski definition) is 3. The van der Waals surface area contributed by atoms with Crippen molar-refractivity contribution in [2.24, 2.45) is 0 Å². The molecule has 1 aromatic rings. The normalized spacial score (nSPS) is 10.6. The van der Waals surface area contributed by atoms with Crippen molar-refractivity contribution in [3.05, 3.63) is 17.5 Å². The van der Waals surface area contributed by atoms with Gasteiger partial charge in [-0.1, -0.05) is 19.0 Å². The Labute approximate surface area is 124 Å². The van der Waals surface area contributed by atoms with E-state index in [1.807, 2.05) is 6.07 Å². The summed E-state index contributed by atoms with van der Waals surface area (Å²) in [6, 6.07) is 1.52. The van der Waals surface area contributed by atoms with Gasteiger partial charge in [-0.15, -0.1) is 0 Å². The third-order valence-electron chi connectivity index (χ3n) is 3.26. The number of carboxylic acids is 1. The van der Waals surface area contributed by atoms with Crippen LogP contribution in [0.2, 0.25) is 0 Å². The quantitative estimate of drug-likeness (QED) is 0.606. The second-order valence-electron chi connectivity index (χ2n) is 4.84. The molecular formula is C14H23N3O4. The summed E-state index contributed by atoms with van der Waals surface area (Å²) in [5.41, 5.74) is 0.915. The fraction of sp³-hybridized carbons (Fsp3) is 0.643. The van der Waals surface area contributed by atoms with Gasteiger partial charge < -0.3 is 20.3 Å². The summed E-state index contributed by atoms with van der Waals surface area (Å²) in [4.78, 5) is 21.8. The van der Waals surface area contributed by atoms with Crippen LogP contribution < -0.4 is 10.6 Å². The molecule has 7 nitrogen and oxygen atoms in total. The van der Waals surface area contributed by atoms with Gasteiger partial charge in [-0.3, -0.25) is 4.79 Å². The molecule has 1 aromatic heterocycles. The van der Waals surface area contributed by atoms with Gasteiger partial charge in [-0.05, 0) is 19.3 Å². The summed E-state index contributed by atoms with van der Waals surface area (Å²) in [6.07, 6.45) is 2.45. The molecule has 0 saturated carbocycles. The molecule has 0 aromatic carbocycles. The van der Waals surface area contributed by atoms with Crippen molar-refractivity contribution in [2.45, 2.75) is 52.0 Å². The predicted molar refractivity (Wildman–Crippen MR) is 76.9 cm³/mol. The van der Waals surface area contributed by atoms with Crippen molar-refractivity contribution in [3.63, 3.8) is 0 Å². The predicted octanol–water partition coefficient (Wildman–Crippen LogP) is 2.24. The molecule has 0 unspecified atom stereocenters. The molecule has 0 aliphatic rings. The molecule has 2 amide bonds. The Balaban J connectivity index is 2.28.